The van der Waals surface area contributed by atoms with E-state index in [1.807, 2.05) is 56.3 Å². The van der Waals surface area contributed by atoms with Crippen LogP contribution in [-0.4, -0.2) is 57.2 Å². The van der Waals surface area contributed by atoms with Crippen molar-refractivity contribution in [2.75, 3.05) is 45.4 Å². The lowest BCUT2D eigenvalue weighted by atomic mass is 10.1. The van der Waals surface area contributed by atoms with Crippen LogP contribution in [0.2, 0.25) is 0 Å². The molecule has 1 aliphatic heterocycles. The maximum Gasteiger partial charge on any atom is 0.338 e. The number of ether oxygens (including phenoxy) is 3. The van der Waals surface area contributed by atoms with Gasteiger partial charge in [-0.2, -0.15) is 0 Å². The first kappa shape index (κ1) is 20.5. The number of likely N-dealkylation sites (N-methyl/N-ethyl adjacent to an activating group) is 1. The van der Waals surface area contributed by atoms with E-state index in [9.17, 15) is 9.59 Å². The van der Waals surface area contributed by atoms with Crippen molar-refractivity contribution in [1.29, 1.82) is 0 Å². The maximum atomic E-state index is 12.5. The van der Waals surface area contributed by atoms with Gasteiger partial charge in [-0.25, -0.2) is 4.79 Å². The molecule has 0 aliphatic carbocycles. The van der Waals surface area contributed by atoms with Gasteiger partial charge in [0, 0.05) is 32.9 Å². The fourth-order valence-corrected chi connectivity index (χ4v) is 2.98. The molecule has 3 rings (SSSR count). The molecule has 0 atom stereocenters. The SMILES string of the molecule is CCN(Cc1ccc2c(c1)OCCO2)C(=O)COC(=O)c1ccc(N(C)C)cc1. The molecule has 0 radical (unpaired) electrons. The zero-order valence-electron chi connectivity index (χ0n) is 17.0. The van der Waals surface area contributed by atoms with E-state index in [2.05, 4.69) is 0 Å². The lowest BCUT2D eigenvalue weighted by Gasteiger charge is -2.23. The smallest absolute Gasteiger partial charge is 0.338 e. The van der Waals surface area contributed by atoms with E-state index in [4.69, 9.17) is 14.2 Å². The number of nitrogens with zero attached hydrogens (tertiary/aromatic N) is 2. The van der Waals surface area contributed by atoms with Gasteiger partial charge in [0.15, 0.2) is 18.1 Å². The normalized spacial score (nSPS) is 12.2. The Kier molecular flexibility index (Phi) is 6.59. The summed E-state index contributed by atoms with van der Waals surface area (Å²) in [6.45, 7) is 3.54. The molecule has 0 bridgehead atoms. The van der Waals surface area contributed by atoms with Gasteiger partial charge < -0.3 is 24.0 Å². The molecule has 7 nitrogen and oxygen atoms in total. The summed E-state index contributed by atoms with van der Waals surface area (Å²) in [5.74, 6) is 0.633. The lowest BCUT2D eigenvalue weighted by Crippen LogP contribution is -2.34. The van der Waals surface area contributed by atoms with Crippen LogP contribution in [0.25, 0.3) is 0 Å². The van der Waals surface area contributed by atoms with Crippen LogP contribution >= 0.6 is 0 Å². The molecule has 1 amide bonds. The number of carbonyl (C=O) groups is 2. The van der Waals surface area contributed by atoms with Crippen LogP contribution in [0.15, 0.2) is 42.5 Å². The van der Waals surface area contributed by atoms with Crippen molar-refractivity contribution < 1.29 is 23.8 Å². The predicted octanol–water partition coefficient (Wildman–Crippen LogP) is 2.73. The average Bonchev–Trinajstić information content (AvgIpc) is 2.75. The summed E-state index contributed by atoms with van der Waals surface area (Å²) in [7, 11) is 3.85. The molecule has 1 aliphatic rings. The molecule has 0 N–H and O–H groups in total. The van der Waals surface area contributed by atoms with Crippen molar-refractivity contribution in [3.8, 4) is 11.5 Å². The second-order valence-corrected chi connectivity index (χ2v) is 6.90. The summed E-state index contributed by atoms with van der Waals surface area (Å²) in [6, 6.07) is 12.7. The molecule has 7 heteroatoms. The number of carbonyl (C=O) groups excluding carboxylic acids is 2. The molecular weight excluding hydrogens is 372 g/mol. The topological polar surface area (TPSA) is 68.3 Å². The fourth-order valence-electron chi connectivity index (χ4n) is 2.98. The molecule has 0 saturated heterocycles. The van der Waals surface area contributed by atoms with Crippen LogP contribution in [0, 0.1) is 0 Å². The van der Waals surface area contributed by atoms with E-state index in [-0.39, 0.29) is 12.5 Å². The Balaban J connectivity index is 1.56. The van der Waals surface area contributed by atoms with E-state index in [1.54, 1.807) is 17.0 Å². The van der Waals surface area contributed by atoms with Gasteiger partial charge in [-0.05, 0) is 48.9 Å². The van der Waals surface area contributed by atoms with Crippen LogP contribution < -0.4 is 14.4 Å². The van der Waals surface area contributed by atoms with Crippen molar-refractivity contribution in [2.24, 2.45) is 0 Å². The minimum atomic E-state index is -0.515. The number of benzene rings is 2. The molecule has 0 spiro atoms. The molecule has 0 aromatic heterocycles. The average molecular weight is 398 g/mol. The third kappa shape index (κ3) is 5.19. The second-order valence-electron chi connectivity index (χ2n) is 6.90. The molecule has 0 unspecified atom stereocenters. The maximum absolute atomic E-state index is 12.5. The second kappa shape index (κ2) is 9.32. The van der Waals surface area contributed by atoms with Crippen molar-refractivity contribution >= 4 is 17.6 Å². The third-order valence-electron chi connectivity index (χ3n) is 4.66. The molecule has 0 fully saturated rings. The minimum Gasteiger partial charge on any atom is -0.486 e. The number of hydrogen-bond acceptors (Lipinski definition) is 6. The van der Waals surface area contributed by atoms with Gasteiger partial charge in [0.1, 0.15) is 13.2 Å². The molecule has 0 saturated carbocycles. The van der Waals surface area contributed by atoms with E-state index < -0.39 is 5.97 Å². The van der Waals surface area contributed by atoms with Crippen molar-refractivity contribution in [1.82, 2.24) is 4.90 Å². The lowest BCUT2D eigenvalue weighted by molar-refractivity contribution is -0.134. The van der Waals surface area contributed by atoms with Crippen molar-refractivity contribution in [2.45, 2.75) is 13.5 Å². The molecule has 154 valence electrons. The molecular formula is C22H26N2O5. The van der Waals surface area contributed by atoms with Gasteiger partial charge in [0.25, 0.3) is 5.91 Å². The number of fused-ring (bicyclic) bond motifs is 1. The molecule has 2 aromatic carbocycles. The first-order chi connectivity index (χ1) is 14.0. The van der Waals surface area contributed by atoms with Gasteiger partial charge >= 0.3 is 5.97 Å². The fraction of sp³-hybridized carbons (Fsp3) is 0.364. The Bertz CT molecular complexity index is 864. The summed E-state index contributed by atoms with van der Waals surface area (Å²) in [5, 5.41) is 0. The zero-order chi connectivity index (χ0) is 20.8. The first-order valence-electron chi connectivity index (χ1n) is 9.58. The Labute approximate surface area is 170 Å². The molecule has 1 heterocycles. The summed E-state index contributed by atoms with van der Waals surface area (Å²) in [4.78, 5) is 28.3. The van der Waals surface area contributed by atoms with Crippen LogP contribution in [0.5, 0.6) is 11.5 Å². The standard InChI is InChI=1S/C22H26N2O5/c1-4-24(14-16-5-10-19-20(13-16)28-12-11-27-19)21(25)15-29-22(26)17-6-8-18(9-7-17)23(2)3/h5-10,13H,4,11-12,14-15H2,1-3H3. The van der Waals surface area contributed by atoms with Gasteiger partial charge in [-0.15, -0.1) is 0 Å². The van der Waals surface area contributed by atoms with Crippen LogP contribution in [-0.2, 0) is 16.1 Å². The zero-order valence-corrected chi connectivity index (χ0v) is 17.0. The predicted molar refractivity (Wildman–Crippen MR) is 110 cm³/mol. The van der Waals surface area contributed by atoms with Gasteiger partial charge in [-0.1, -0.05) is 6.07 Å². The van der Waals surface area contributed by atoms with E-state index in [1.165, 1.54) is 0 Å². The van der Waals surface area contributed by atoms with Crippen molar-refractivity contribution in [3.63, 3.8) is 0 Å². The van der Waals surface area contributed by atoms with E-state index in [0.717, 1.165) is 11.3 Å². The Morgan fingerprint density at radius 2 is 1.69 bits per heavy atom. The summed E-state index contributed by atoms with van der Waals surface area (Å²) >= 11 is 0. The van der Waals surface area contributed by atoms with Crippen LogP contribution in [0.1, 0.15) is 22.8 Å². The highest BCUT2D eigenvalue weighted by atomic mass is 16.6. The summed E-state index contributed by atoms with van der Waals surface area (Å²) in [5.41, 5.74) is 2.32. The first-order valence-corrected chi connectivity index (χ1v) is 9.58. The Morgan fingerprint density at radius 1 is 1.00 bits per heavy atom. The molecule has 29 heavy (non-hydrogen) atoms. The van der Waals surface area contributed by atoms with E-state index >= 15 is 0 Å². The third-order valence-corrected chi connectivity index (χ3v) is 4.66. The monoisotopic (exact) mass is 398 g/mol. The largest absolute Gasteiger partial charge is 0.486 e. The quantitative estimate of drug-likeness (QED) is 0.668. The number of esters is 1. The minimum absolute atomic E-state index is 0.249. The highest BCUT2D eigenvalue weighted by Crippen LogP contribution is 2.31. The Hall–Kier alpha value is -3.22. The number of amides is 1. The van der Waals surface area contributed by atoms with Crippen molar-refractivity contribution in [3.05, 3.63) is 53.6 Å². The number of anilines is 1. The Morgan fingerprint density at radius 3 is 2.34 bits per heavy atom. The van der Waals surface area contributed by atoms with Crippen LogP contribution in [0.4, 0.5) is 5.69 Å². The number of hydrogen-bond donors (Lipinski definition) is 0. The van der Waals surface area contributed by atoms with E-state index in [0.29, 0.717) is 43.4 Å². The van der Waals surface area contributed by atoms with Crippen LogP contribution in [0.3, 0.4) is 0 Å². The highest BCUT2D eigenvalue weighted by molar-refractivity contribution is 5.91. The van der Waals surface area contributed by atoms with Gasteiger partial charge in [0.05, 0.1) is 5.56 Å². The molecule has 2 aromatic rings. The highest BCUT2D eigenvalue weighted by Gasteiger charge is 2.18. The van der Waals surface area contributed by atoms with Gasteiger partial charge in [-0.3, -0.25) is 4.79 Å². The summed E-state index contributed by atoms with van der Waals surface area (Å²) in [6.07, 6.45) is 0. The summed E-state index contributed by atoms with van der Waals surface area (Å²) < 4.78 is 16.3. The number of rotatable bonds is 7. The van der Waals surface area contributed by atoms with Gasteiger partial charge in [0.2, 0.25) is 0 Å².